The van der Waals surface area contributed by atoms with Gasteiger partial charge in [-0.2, -0.15) is 0 Å². The molecule has 0 unspecified atom stereocenters. The number of nitrogens with one attached hydrogen (secondary N) is 1. The number of nitrogens with zero attached hydrogens (tertiary/aromatic N) is 2. The van der Waals surface area contributed by atoms with Crippen molar-refractivity contribution >= 4 is 43.6 Å². The summed E-state index contributed by atoms with van der Waals surface area (Å²) in [6.07, 6.45) is 3.68. The van der Waals surface area contributed by atoms with Crippen molar-refractivity contribution in [2.24, 2.45) is 11.1 Å². The number of hydrogen-bond acceptors (Lipinski definition) is 4. The molecule has 1 rings (SSSR count). The van der Waals surface area contributed by atoms with E-state index in [1.54, 1.807) is 6.20 Å². The minimum absolute atomic E-state index is 0.0672. The highest BCUT2D eigenvalue weighted by Gasteiger charge is 2.18. The molecule has 0 radical (unpaired) electrons. The van der Waals surface area contributed by atoms with Gasteiger partial charge < -0.3 is 11.1 Å². The Morgan fingerprint density at radius 3 is 2.68 bits per heavy atom. The maximum atomic E-state index is 11.9. The van der Waals surface area contributed by atoms with E-state index >= 15 is 0 Å². The van der Waals surface area contributed by atoms with E-state index in [-0.39, 0.29) is 11.3 Å². The number of nitrogens with two attached hydrogens (primary N) is 1. The summed E-state index contributed by atoms with van der Waals surface area (Å²) in [4.78, 5) is 20.1. The van der Waals surface area contributed by atoms with E-state index in [0.29, 0.717) is 28.0 Å². The van der Waals surface area contributed by atoms with Gasteiger partial charge in [0.05, 0.1) is 6.20 Å². The predicted octanol–water partition coefficient (Wildman–Crippen LogP) is 3.10. The molecule has 0 atom stereocenters. The number of amides is 1. The summed E-state index contributed by atoms with van der Waals surface area (Å²) >= 11 is 6.46. The Hall–Kier alpha value is -0.530. The van der Waals surface area contributed by atoms with Gasteiger partial charge in [0.1, 0.15) is 9.21 Å². The molecule has 0 aromatic carbocycles. The van der Waals surface area contributed by atoms with Crippen LogP contribution in [0.4, 0.5) is 5.82 Å². The number of hydrogen-bond donors (Lipinski definition) is 2. The van der Waals surface area contributed by atoms with E-state index < -0.39 is 0 Å². The fourth-order valence-corrected chi connectivity index (χ4v) is 2.50. The lowest BCUT2D eigenvalue weighted by Gasteiger charge is -2.23. The van der Waals surface area contributed by atoms with Gasteiger partial charge in [0.2, 0.25) is 5.91 Å². The first-order valence-electron chi connectivity index (χ1n) is 6.02. The van der Waals surface area contributed by atoms with Crippen LogP contribution in [0.15, 0.2) is 15.4 Å². The van der Waals surface area contributed by atoms with Crippen molar-refractivity contribution in [3.8, 4) is 0 Å². The van der Waals surface area contributed by atoms with Crippen LogP contribution in [0.2, 0.25) is 0 Å². The second-order valence-electron chi connectivity index (χ2n) is 5.08. The molecule has 0 saturated carbocycles. The van der Waals surface area contributed by atoms with Crippen molar-refractivity contribution < 1.29 is 4.79 Å². The van der Waals surface area contributed by atoms with Crippen LogP contribution in [-0.2, 0) is 4.79 Å². The van der Waals surface area contributed by atoms with Crippen LogP contribution in [0.25, 0.3) is 0 Å². The molecule has 1 aromatic heterocycles. The summed E-state index contributed by atoms with van der Waals surface area (Å²) in [5.74, 6) is 0.368. The smallest absolute Gasteiger partial charge is 0.225 e. The molecule has 0 aliphatic heterocycles. The Balaban J connectivity index is 2.52. The minimum Gasteiger partial charge on any atom is -0.330 e. The molecule has 0 fully saturated rings. The van der Waals surface area contributed by atoms with Crippen LogP contribution in [0.5, 0.6) is 0 Å². The van der Waals surface area contributed by atoms with Crippen molar-refractivity contribution in [2.45, 2.75) is 33.1 Å². The first-order chi connectivity index (χ1) is 8.84. The highest BCUT2D eigenvalue weighted by molar-refractivity contribution is 9.11. The van der Waals surface area contributed by atoms with Gasteiger partial charge in [-0.05, 0) is 56.7 Å². The largest absolute Gasteiger partial charge is 0.330 e. The second-order valence-corrected chi connectivity index (χ2v) is 6.65. The van der Waals surface area contributed by atoms with Crippen LogP contribution in [-0.4, -0.2) is 22.4 Å². The van der Waals surface area contributed by atoms with E-state index in [1.807, 2.05) is 0 Å². The fraction of sp³-hybridized carbons (Fsp3) is 0.583. The number of carbonyl (C=O) groups excluding carboxylic acids is 1. The SMILES string of the molecule is CC(C)(CCN)CCC(=O)Nc1ncc(Br)nc1Br. The molecule has 0 aliphatic rings. The average molecular weight is 394 g/mol. The van der Waals surface area contributed by atoms with E-state index in [9.17, 15) is 4.79 Å². The summed E-state index contributed by atoms with van der Waals surface area (Å²) in [6.45, 7) is 4.86. The molecule has 0 bridgehead atoms. The Kier molecular flexibility index (Phi) is 6.35. The highest BCUT2D eigenvalue weighted by Crippen LogP contribution is 2.26. The monoisotopic (exact) mass is 392 g/mol. The van der Waals surface area contributed by atoms with Gasteiger partial charge in [0.25, 0.3) is 0 Å². The first-order valence-corrected chi connectivity index (χ1v) is 7.60. The number of anilines is 1. The summed E-state index contributed by atoms with van der Waals surface area (Å²) in [5.41, 5.74) is 5.63. The Labute approximate surface area is 130 Å². The van der Waals surface area contributed by atoms with Gasteiger partial charge in [-0.3, -0.25) is 4.79 Å². The maximum Gasteiger partial charge on any atom is 0.225 e. The van der Waals surface area contributed by atoms with Crippen molar-refractivity contribution in [3.63, 3.8) is 0 Å². The lowest BCUT2D eigenvalue weighted by Crippen LogP contribution is -2.21. The molecule has 7 heteroatoms. The average Bonchev–Trinajstić information content (AvgIpc) is 2.30. The molecular weight excluding hydrogens is 376 g/mol. The topological polar surface area (TPSA) is 80.9 Å². The summed E-state index contributed by atoms with van der Waals surface area (Å²) in [7, 11) is 0. The molecular formula is C12H18Br2N4O. The Morgan fingerprint density at radius 2 is 2.11 bits per heavy atom. The third-order valence-corrected chi connectivity index (χ3v) is 3.74. The van der Waals surface area contributed by atoms with E-state index in [0.717, 1.165) is 12.8 Å². The van der Waals surface area contributed by atoms with Crippen molar-refractivity contribution in [1.29, 1.82) is 0 Å². The molecule has 5 nitrogen and oxygen atoms in total. The summed E-state index contributed by atoms with van der Waals surface area (Å²) in [5, 5.41) is 2.74. The van der Waals surface area contributed by atoms with Gasteiger partial charge >= 0.3 is 0 Å². The molecule has 3 N–H and O–H groups in total. The zero-order valence-corrected chi connectivity index (χ0v) is 14.2. The lowest BCUT2D eigenvalue weighted by molar-refractivity contribution is -0.116. The lowest BCUT2D eigenvalue weighted by atomic mass is 9.84. The van der Waals surface area contributed by atoms with Gasteiger partial charge in [-0.1, -0.05) is 13.8 Å². The van der Waals surface area contributed by atoms with Crippen LogP contribution in [0.1, 0.15) is 33.1 Å². The molecule has 1 amide bonds. The van der Waals surface area contributed by atoms with Crippen LogP contribution in [0.3, 0.4) is 0 Å². The second kappa shape index (κ2) is 7.31. The normalized spacial score (nSPS) is 11.4. The van der Waals surface area contributed by atoms with Crippen LogP contribution in [0, 0.1) is 5.41 Å². The standard InChI is InChI=1S/C12H18Br2N4O/c1-12(2,5-6-15)4-3-9(19)18-11-10(14)17-8(13)7-16-11/h7H,3-6,15H2,1-2H3,(H,16,18,19). The minimum atomic E-state index is -0.0672. The Morgan fingerprint density at radius 1 is 1.42 bits per heavy atom. The van der Waals surface area contributed by atoms with Crippen LogP contribution >= 0.6 is 31.9 Å². The van der Waals surface area contributed by atoms with Crippen molar-refractivity contribution in [2.75, 3.05) is 11.9 Å². The fourth-order valence-electron chi connectivity index (χ4n) is 1.59. The molecule has 106 valence electrons. The van der Waals surface area contributed by atoms with E-state index in [1.165, 1.54) is 0 Å². The van der Waals surface area contributed by atoms with Gasteiger partial charge in [0.15, 0.2) is 5.82 Å². The number of rotatable bonds is 6. The summed E-state index contributed by atoms with van der Waals surface area (Å²) < 4.78 is 1.12. The predicted molar refractivity (Wildman–Crippen MR) is 82.7 cm³/mol. The zero-order valence-electron chi connectivity index (χ0n) is 11.0. The van der Waals surface area contributed by atoms with Crippen LogP contribution < -0.4 is 11.1 Å². The molecule has 0 aliphatic carbocycles. The number of carbonyl (C=O) groups is 1. The zero-order chi connectivity index (χ0) is 14.5. The number of halogens is 2. The Bertz CT molecular complexity index is 451. The van der Waals surface area contributed by atoms with E-state index in [2.05, 4.69) is 61.0 Å². The molecule has 1 heterocycles. The summed E-state index contributed by atoms with van der Waals surface area (Å²) in [6, 6.07) is 0. The third kappa shape index (κ3) is 5.97. The maximum absolute atomic E-state index is 11.9. The van der Waals surface area contributed by atoms with Gasteiger partial charge in [0, 0.05) is 6.42 Å². The number of aromatic nitrogens is 2. The molecule has 19 heavy (non-hydrogen) atoms. The highest BCUT2D eigenvalue weighted by atomic mass is 79.9. The van der Waals surface area contributed by atoms with E-state index in [4.69, 9.17) is 5.73 Å². The molecule has 0 saturated heterocycles. The van der Waals surface area contributed by atoms with Gasteiger partial charge in [-0.25, -0.2) is 9.97 Å². The quantitative estimate of drug-likeness (QED) is 0.777. The van der Waals surface area contributed by atoms with Crippen molar-refractivity contribution in [3.05, 3.63) is 15.4 Å². The van der Waals surface area contributed by atoms with Gasteiger partial charge in [-0.15, -0.1) is 0 Å². The third-order valence-electron chi connectivity index (χ3n) is 2.81. The molecule has 0 spiro atoms. The first kappa shape index (κ1) is 16.5. The van der Waals surface area contributed by atoms with Crippen molar-refractivity contribution in [1.82, 2.24) is 9.97 Å². The molecule has 1 aromatic rings.